The Bertz CT molecular complexity index is 1210. The normalized spacial score (nSPS) is 11.5. The van der Waals surface area contributed by atoms with Crippen molar-refractivity contribution in [1.82, 2.24) is 25.3 Å². The van der Waals surface area contributed by atoms with E-state index >= 15 is 0 Å². The van der Waals surface area contributed by atoms with Crippen molar-refractivity contribution in [1.29, 1.82) is 0 Å². The average molecular weight is 442 g/mol. The molecule has 0 amide bonds. The van der Waals surface area contributed by atoms with E-state index < -0.39 is 0 Å². The van der Waals surface area contributed by atoms with Gasteiger partial charge in [0, 0.05) is 35.9 Å². The lowest BCUT2D eigenvalue weighted by molar-refractivity contribution is 0.427. The molecule has 31 heavy (non-hydrogen) atoms. The monoisotopic (exact) mass is 441 g/mol. The van der Waals surface area contributed by atoms with Gasteiger partial charge >= 0.3 is 0 Å². The molecule has 0 radical (unpaired) electrons. The average Bonchev–Trinajstić information content (AvgIpc) is 3.39. The molecule has 0 aliphatic carbocycles. The topological polar surface area (TPSA) is 95.8 Å². The van der Waals surface area contributed by atoms with Crippen molar-refractivity contribution in [2.45, 2.75) is 26.2 Å². The van der Waals surface area contributed by atoms with E-state index in [1.54, 1.807) is 36.2 Å². The van der Waals surface area contributed by atoms with Gasteiger partial charge in [0.15, 0.2) is 11.6 Å². The molecule has 0 aliphatic heterocycles. The minimum atomic E-state index is -0.382. The molecule has 3 heterocycles. The Kier molecular flexibility index (Phi) is 5.36. The van der Waals surface area contributed by atoms with Gasteiger partial charge in [-0.3, -0.25) is 10.00 Å². The van der Waals surface area contributed by atoms with Gasteiger partial charge in [0.2, 0.25) is 11.8 Å². The van der Waals surface area contributed by atoms with Gasteiger partial charge in [0.25, 0.3) is 0 Å². The van der Waals surface area contributed by atoms with Gasteiger partial charge in [-0.05, 0) is 12.1 Å². The second-order valence-electron chi connectivity index (χ2n) is 8.00. The first-order chi connectivity index (χ1) is 14.7. The Morgan fingerprint density at radius 2 is 1.97 bits per heavy atom. The minimum Gasteiger partial charge on any atom is -0.338 e. The predicted molar refractivity (Wildman–Crippen MR) is 118 cm³/mol. The molecule has 4 aromatic rings. The first-order valence-electron chi connectivity index (χ1n) is 9.53. The standard InChI is InChI=1S/C21H21ClFN7O/c1-21(2,3)16-10-17(28-27-16)25-19-13(22)11-24-20(26-19)30(4)18-9-15(29-31-18)12-7-5-6-8-14(12)23/h5-11H,1-4H3,(H2,24,25,26,27,28). The Morgan fingerprint density at radius 1 is 1.19 bits per heavy atom. The summed E-state index contributed by atoms with van der Waals surface area (Å²) in [6.07, 6.45) is 1.48. The van der Waals surface area contributed by atoms with Crippen molar-refractivity contribution in [3.8, 4) is 11.3 Å². The van der Waals surface area contributed by atoms with Gasteiger partial charge in [-0.1, -0.05) is 49.7 Å². The largest absolute Gasteiger partial charge is 0.338 e. The lowest BCUT2D eigenvalue weighted by Crippen LogP contribution is -2.13. The molecule has 0 fully saturated rings. The lowest BCUT2D eigenvalue weighted by atomic mass is 9.92. The number of benzene rings is 1. The molecule has 0 spiro atoms. The lowest BCUT2D eigenvalue weighted by Gasteiger charge is -2.15. The number of aromatic nitrogens is 5. The van der Waals surface area contributed by atoms with E-state index in [1.807, 2.05) is 6.07 Å². The molecule has 8 nitrogen and oxygen atoms in total. The number of nitrogens with zero attached hydrogens (tertiary/aromatic N) is 5. The van der Waals surface area contributed by atoms with Crippen molar-refractivity contribution >= 4 is 35.1 Å². The van der Waals surface area contributed by atoms with Crippen LogP contribution in [0.4, 0.5) is 27.9 Å². The minimum absolute atomic E-state index is 0.0734. The van der Waals surface area contributed by atoms with E-state index in [2.05, 4.69) is 51.4 Å². The summed E-state index contributed by atoms with van der Waals surface area (Å²) in [7, 11) is 1.71. The molecule has 0 bridgehead atoms. The van der Waals surface area contributed by atoms with Crippen LogP contribution in [0.2, 0.25) is 5.02 Å². The zero-order chi connectivity index (χ0) is 22.2. The molecule has 2 N–H and O–H groups in total. The van der Waals surface area contributed by atoms with E-state index in [-0.39, 0.29) is 11.2 Å². The molecule has 0 saturated heterocycles. The predicted octanol–water partition coefficient (Wildman–Crippen LogP) is 5.46. The molecule has 160 valence electrons. The summed E-state index contributed by atoms with van der Waals surface area (Å²) in [4.78, 5) is 10.3. The van der Waals surface area contributed by atoms with Crippen molar-refractivity contribution in [2.75, 3.05) is 17.3 Å². The van der Waals surface area contributed by atoms with Crippen LogP contribution in [0.3, 0.4) is 0 Å². The first-order valence-corrected chi connectivity index (χ1v) is 9.91. The fraction of sp³-hybridized carbons (Fsp3) is 0.238. The molecular formula is C21H21ClFN7O. The summed E-state index contributed by atoms with van der Waals surface area (Å²) in [5.74, 6) is 1.25. The number of hydrogen-bond donors (Lipinski definition) is 2. The summed E-state index contributed by atoms with van der Waals surface area (Å²) >= 11 is 6.27. The van der Waals surface area contributed by atoms with Crippen molar-refractivity contribution < 1.29 is 8.91 Å². The van der Waals surface area contributed by atoms with Gasteiger partial charge in [0.1, 0.15) is 16.5 Å². The highest BCUT2D eigenvalue weighted by Crippen LogP contribution is 2.31. The maximum absolute atomic E-state index is 14.0. The molecule has 1 aromatic carbocycles. The molecule has 3 aromatic heterocycles. The number of anilines is 4. The third-order valence-electron chi connectivity index (χ3n) is 4.64. The van der Waals surface area contributed by atoms with E-state index in [4.69, 9.17) is 16.1 Å². The highest BCUT2D eigenvalue weighted by atomic mass is 35.5. The molecule has 0 saturated carbocycles. The van der Waals surface area contributed by atoms with Crippen molar-refractivity contribution in [3.05, 3.63) is 59.1 Å². The molecule has 4 rings (SSSR count). The van der Waals surface area contributed by atoms with Crippen LogP contribution in [0.25, 0.3) is 11.3 Å². The smallest absolute Gasteiger partial charge is 0.234 e. The van der Waals surface area contributed by atoms with Crippen LogP contribution in [-0.4, -0.2) is 32.4 Å². The Balaban J connectivity index is 1.58. The number of rotatable bonds is 5. The second-order valence-corrected chi connectivity index (χ2v) is 8.40. The number of aromatic amines is 1. The summed E-state index contributed by atoms with van der Waals surface area (Å²) in [5, 5.41) is 14.7. The van der Waals surface area contributed by atoms with Crippen LogP contribution in [0.5, 0.6) is 0 Å². The van der Waals surface area contributed by atoms with Crippen LogP contribution in [0.15, 0.2) is 47.1 Å². The highest BCUT2D eigenvalue weighted by molar-refractivity contribution is 6.32. The van der Waals surface area contributed by atoms with E-state index in [0.29, 0.717) is 39.7 Å². The van der Waals surface area contributed by atoms with E-state index in [1.165, 1.54) is 12.3 Å². The van der Waals surface area contributed by atoms with Crippen molar-refractivity contribution in [2.24, 2.45) is 0 Å². The van der Waals surface area contributed by atoms with Gasteiger partial charge in [-0.2, -0.15) is 10.1 Å². The van der Waals surface area contributed by atoms with Crippen LogP contribution >= 0.6 is 11.6 Å². The van der Waals surface area contributed by atoms with Crippen molar-refractivity contribution in [3.63, 3.8) is 0 Å². The van der Waals surface area contributed by atoms with Crippen LogP contribution in [0.1, 0.15) is 26.5 Å². The second kappa shape index (κ2) is 7.99. The molecule has 10 heteroatoms. The first kappa shape index (κ1) is 20.8. The van der Waals surface area contributed by atoms with Gasteiger partial charge < -0.3 is 9.84 Å². The zero-order valence-corrected chi connectivity index (χ0v) is 18.2. The van der Waals surface area contributed by atoms with E-state index in [9.17, 15) is 4.39 Å². The Labute approximate surface area is 183 Å². The molecule has 0 unspecified atom stereocenters. The summed E-state index contributed by atoms with van der Waals surface area (Å²) in [6, 6.07) is 9.87. The SMILES string of the molecule is CN(c1ncc(Cl)c(Nc2cc(C(C)(C)C)[nH]n2)n1)c1cc(-c2ccccc2F)no1. The highest BCUT2D eigenvalue weighted by Gasteiger charge is 2.19. The molecule has 0 atom stereocenters. The van der Waals surface area contributed by atoms with Crippen LogP contribution in [0, 0.1) is 5.82 Å². The van der Waals surface area contributed by atoms with E-state index in [0.717, 1.165) is 5.69 Å². The van der Waals surface area contributed by atoms with Crippen LogP contribution in [-0.2, 0) is 5.41 Å². The number of halogens is 2. The summed E-state index contributed by atoms with van der Waals surface area (Å²) in [6.45, 7) is 6.26. The van der Waals surface area contributed by atoms with Gasteiger partial charge in [-0.25, -0.2) is 9.37 Å². The number of nitrogens with one attached hydrogen (secondary N) is 2. The molecule has 0 aliphatic rings. The summed E-state index contributed by atoms with van der Waals surface area (Å²) in [5.41, 5.74) is 1.62. The van der Waals surface area contributed by atoms with Gasteiger partial charge in [-0.15, -0.1) is 0 Å². The molecular weight excluding hydrogens is 421 g/mol. The number of H-pyrrole nitrogens is 1. The third kappa shape index (κ3) is 4.36. The zero-order valence-electron chi connectivity index (χ0n) is 17.4. The third-order valence-corrected chi connectivity index (χ3v) is 4.92. The maximum atomic E-state index is 14.0. The Hall–Kier alpha value is -3.46. The number of hydrogen-bond acceptors (Lipinski definition) is 7. The fourth-order valence-electron chi connectivity index (χ4n) is 2.82. The fourth-order valence-corrected chi connectivity index (χ4v) is 2.95. The Morgan fingerprint density at radius 3 is 2.68 bits per heavy atom. The van der Waals surface area contributed by atoms with Gasteiger partial charge in [0.05, 0.1) is 6.20 Å². The summed E-state index contributed by atoms with van der Waals surface area (Å²) < 4.78 is 19.4. The van der Waals surface area contributed by atoms with Crippen LogP contribution < -0.4 is 10.2 Å². The maximum Gasteiger partial charge on any atom is 0.234 e. The quantitative estimate of drug-likeness (QED) is 0.424.